The Kier molecular flexibility index (Phi) is 35.7. The van der Waals surface area contributed by atoms with Gasteiger partial charge in [-0.2, -0.15) is 9.13 Å². The second kappa shape index (κ2) is 38.7. The molecule has 0 spiro atoms. The Bertz CT molecular complexity index is 1860. The van der Waals surface area contributed by atoms with Gasteiger partial charge < -0.3 is 115 Å². The molecule has 4 bridgehead atoms. The van der Waals surface area contributed by atoms with Crippen LogP contribution in [0.15, 0.2) is 147 Å². The zero-order chi connectivity index (χ0) is 42.5. The summed E-state index contributed by atoms with van der Waals surface area (Å²) in [5, 5.41) is 0. The van der Waals surface area contributed by atoms with Crippen LogP contribution in [0.2, 0.25) is 0 Å². The van der Waals surface area contributed by atoms with E-state index in [-0.39, 0.29) is 95.2 Å². The van der Waals surface area contributed by atoms with Gasteiger partial charge in [0.1, 0.15) is 49.4 Å². The molecule has 4 aromatic heterocycles. The van der Waals surface area contributed by atoms with Crippen LogP contribution in [0.1, 0.15) is 0 Å². The second-order valence-corrected chi connectivity index (χ2v) is 13.4. The Morgan fingerprint density at radius 2 is 0.493 bits per heavy atom. The molecule has 0 amide bonds. The number of halogens is 4. The van der Waals surface area contributed by atoms with E-state index < -0.39 is 0 Å². The maximum Gasteiger partial charge on any atom is 2.00 e. The first-order valence-electron chi connectivity index (χ1n) is 20.8. The number of pyridine rings is 4. The van der Waals surface area contributed by atoms with Gasteiger partial charge in [-0.05, 0) is 59.7 Å². The molecule has 4 aliphatic rings. The molecule has 19 heteroatoms. The summed E-state index contributed by atoms with van der Waals surface area (Å²) in [6.45, 7) is 7.78. The van der Waals surface area contributed by atoms with Crippen molar-refractivity contribution in [3.8, 4) is 45.5 Å². The van der Waals surface area contributed by atoms with Crippen LogP contribution in [0.5, 0.6) is 23.0 Å². The summed E-state index contributed by atoms with van der Waals surface area (Å²) >= 11 is 0. The molecular formula is C48H56Br4CdN4O10. The molecule has 358 valence electrons. The molecule has 4 aliphatic heterocycles. The van der Waals surface area contributed by atoms with Crippen LogP contribution in [-0.4, -0.2) is 116 Å². The van der Waals surface area contributed by atoms with E-state index in [1.807, 2.05) is 72.8 Å². The molecular weight excluding hydrogens is 1220 g/mol. The topological polar surface area (TPSA) is 126 Å². The van der Waals surface area contributed by atoms with Crippen molar-refractivity contribution in [3.05, 3.63) is 147 Å². The third-order valence-electron chi connectivity index (χ3n) is 9.03. The summed E-state index contributed by atoms with van der Waals surface area (Å²) in [5.41, 5.74) is 4.56. The Labute approximate surface area is 455 Å². The third-order valence-corrected chi connectivity index (χ3v) is 9.03. The summed E-state index contributed by atoms with van der Waals surface area (Å²) in [6, 6.07) is 31.4. The standard InChI is InChI=1S/C28H40O10.C20H16N4.4BrH.Cd/c1-2-26-4-3-25(1)35-21-17-31-13-9-29-11-15-33-19-23-37-27-5-7-28(8-6-27)38-24-20-34-16-12-30-10-14-32-18-22-36-26;1-9-21-10-2-19(1)23-13-5-17(6-14-23)18-7-15-24(16-8-18)20-3-11-22-12-4-20;;;;;/h1-8H,9-24H2;1-16H;4*1H;/q;+2;;;;;+2/p-4. The minimum atomic E-state index is 0. The zero-order valence-corrected chi connectivity index (χ0v) is 47.6. The molecule has 6 aromatic rings. The van der Waals surface area contributed by atoms with E-state index in [4.69, 9.17) is 47.4 Å². The maximum absolute atomic E-state index is 5.68. The van der Waals surface area contributed by atoms with Crippen LogP contribution in [0.3, 0.4) is 0 Å². The summed E-state index contributed by atoms with van der Waals surface area (Å²) in [4.78, 5) is 8.10. The maximum atomic E-state index is 5.68. The van der Waals surface area contributed by atoms with Gasteiger partial charge in [0.05, 0.1) is 79.3 Å². The largest absolute Gasteiger partial charge is 2.00 e. The smallest absolute Gasteiger partial charge is 1.00 e. The number of ether oxygens (including phenoxy) is 10. The van der Waals surface area contributed by atoms with Gasteiger partial charge in [-0.1, -0.05) is 0 Å². The van der Waals surface area contributed by atoms with Crippen molar-refractivity contribution in [2.45, 2.75) is 0 Å². The van der Waals surface area contributed by atoms with E-state index >= 15 is 0 Å². The van der Waals surface area contributed by atoms with E-state index in [0.29, 0.717) is 106 Å². The number of rotatable bonds is 3. The third kappa shape index (κ3) is 24.8. The molecule has 0 aliphatic carbocycles. The van der Waals surface area contributed by atoms with Crippen molar-refractivity contribution in [1.29, 1.82) is 0 Å². The van der Waals surface area contributed by atoms with Gasteiger partial charge >= 0.3 is 27.3 Å². The summed E-state index contributed by atoms with van der Waals surface area (Å²) < 4.78 is 60.0. The van der Waals surface area contributed by atoms with Gasteiger partial charge in [-0.3, -0.25) is 9.97 Å². The van der Waals surface area contributed by atoms with Crippen LogP contribution < -0.4 is 96.0 Å². The molecule has 10 rings (SSSR count). The zero-order valence-electron chi connectivity index (χ0n) is 37.3. The number of benzene rings is 2. The van der Waals surface area contributed by atoms with Crippen molar-refractivity contribution in [2.24, 2.45) is 0 Å². The molecule has 0 fully saturated rings. The van der Waals surface area contributed by atoms with Crippen molar-refractivity contribution in [2.75, 3.05) is 106 Å². The molecule has 0 radical (unpaired) electrons. The van der Waals surface area contributed by atoms with Crippen LogP contribution >= 0.6 is 0 Å². The minimum absolute atomic E-state index is 0. The van der Waals surface area contributed by atoms with E-state index in [0.717, 1.165) is 34.4 Å². The van der Waals surface area contributed by atoms with Gasteiger partial charge in [0, 0.05) is 73.3 Å². The van der Waals surface area contributed by atoms with E-state index in [2.05, 4.69) is 68.2 Å². The van der Waals surface area contributed by atoms with Crippen molar-refractivity contribution in [1.82, 2.24) is 9.97 Å². The quantitative estimate of drug-likeness (QED) is 0.124. The second-order valence-electron chi connectivity index (χ2n) is 13.4. The summed E-state index contributed by atoms with van der Waals surface area (Å²) in [5.74, 6) is 3.05. The minimum Gasteiger partial charge on any atom is -1.00 e. The molecule has 0 saturated heterocycles. The fraction of sp³-hybridized carbons (Fsp3) is 0.333. The van der Waals surface area contributed by atoms with E-state index in [1.165, 1.54) is 11.1 Å². The normalized spacial score (nSPS) is 14.6. The van der Waals surface area contributed by atoms with Crippen molar-refractivity contribution < 1.29 is 152 Å². The molecule has 0 unspecified atom stereocenters. The van der Waals surface area contributed by atoms with Crippen molar-refractivity contribution >= 4 is 0 Å². The van der Waals surface area contributed by atoms with Gasteiger partial charge in [0.15, 0.2) is 24.8 Å². The molecule has 0 atom stereocenters. The molecule has 0 saturated carbocycles. The Morgan fingerprint density at radius 1 is 0.284 bits per heavy atom. The van der Waals surface area contributed by atoms with Gasteiger partial charge in [-0.15, -0.1) is 0 Å². The average molecular weight is 1280 g/mol. The molecule has 0 N–H and O–H groups in total. The average Bonchev–Trinajstić information content (AvgIpc) is 3.33. The first kappa shape index (κ1) is 61.9. The van der Waals surface area contributed by atoms with Gasteiger partial charge in [-0.25, -0.2) is 0 Å². The molecule has 14 nitrogen and oxygen atoms in total. The predicted octanol–water partition coefficient (Wildman–Crippen LogP) is -6.27. The fourth-order valence-electron chi connectivity index (χ4n) is 5.84. The van der Waals surface area contributed by atoms with Crippen LogP contribution in [0.25, 0.3) is 22.5 Å². The first-order valence-corrected chi connectivity index (χ1v) is 20.8. The Balaban J connectivity index is 0.000000672. The van der Waals surface area contributed by atoms with E-state index in [1.54, 1.807) is 24.8 Å². The van der Waals surface area contributed by atoms with Crippen LogP contribution in [0.4, 0.5) is 0 Å². The molecule has 2 aromatic carbocycles. The van der Waals surface area contributed by atoms with Crippen LogP contribution in [-0.2, 0) is 55.7 Å². The summed E-state index contributed by atoms with van der Waals surface area (Å²) in [7, 11) is 0. The monoisotopic (exact) mass is 1280 g/mol. The predicted molar refractivity (Wildman–Crippen MR) is 230 cm³/mol. The fourth-order valence-corrected chi connectivity index (χ4v) is 5.84. The van der Waals surface area contributed by atoms with Crippen LogP contribution in [0, 0.1) is 0 Å². The first-order chi connectivity index (χ1) is 30.8. The van der Waals surface area contributed by atoms with Gasteiger partial charge in [0.2, 0.25) is 11.4 Å². The Morgan fingerprint density at radius 3 is 0.716 bits per heavy atom. The SMILES string of the molecule is [Br-].[Br-].[Br-].[Br-].[Cd+2].c1cc(-[n+]2ccc(-c3cc[n+](-c4ccncc4)cc3)cc2)ccn1.c1cc2ccc1OCCOCCOCCOCCOc1ccc(cc1)OCCOCCOCCOCCO2. The number of aromatic nitrogens is 4. The number of hydrogen-bond donors (Lipinski definition) is 0. The molecule has 8 heterocycles. The number of nitrogens with zero attached hydrogens (tertiary/aromatic N) is 4. The summed E-state index contributed by atoms with van der Waals surface area (Å²) in [6.07, 6.45) is 15.4. The van der Waals surface area contributed by atoms with E-state index in [9.17, 15) is 0 Å². The molecule has 67 heavy (non-hydrogen) atoms. The van der Waals surface area contributed by atoms with Crippen molar-refractivity contribution in [3.63, 3.8) is 0 Å². The van der Waals surface area contributed by atoms with Gasteiger partial charge in [0.25, 0.3) is 0 Å². The Hall–Kier alpha value is -3.16. The number of hydrogen-bond acceptors (Lipinski definition) is 12.